The lowest BCUT2D eigenvalue weighted by atomic mass is 10.1. The Kier molecular flexibility index (Phi) is 4.98. The zero-order chi connectivity index (χ0) is 13.5. The molecular formula is C15H15NO2S. The van der Waals surface area contributed by atoms with Crippen molar-refractivity contribution in [3.8, 4) is 0 Å². The summed E-state index contributed by atoms with van der Waals surface area (Å²) in [5, 5.41) is 10.9. The van der Waals surface area contributed by atoms with E-state index in [2.05, 4.69) is 12.1 Å². The van der Waals surface area contributed by atoms with Crippen LogP contribution in [0.3, 0.4) is 0 Å². The number of rotatable bonds is 6. The minimum atomic E-state index is -0.320. The summed E-state index contributed by atoms with van der Waals surface area (Å²) in [4.78, 5) is 11.3. The van der Waals surface area contributed by atoms with E-state index in [9.17, 15) is 10.1 Å². The highest BCUT2D eigenvalue weighted by Crippen LogP contribution is 2.29. The van der Waals surface area contributed by atoms with Crippen molar-refractivity contribution in [1.82, 2.24) is 0 Å². The smallest absolute Gasteiger partial charge is 0.258 e. The van der Waals surface area contributed by atoms with Crippen LogP contribution in [0.25, 0.3) is 0 Å². The summed E-state index contributed by atoms with van der Waals surface area (Å²) in [5.41, 5.74) is 1.51. The third-order valence-corrected chi connectivity index (χ3v) is 3.92. The van der Waals surface area contributed by atoms with Crippen LogP contribution in [-0.2, 0) is 6.42 Å². The highest BCUT2D eigenvalue weighted by molar-refractivity contribution is 7.99. The fourth-order valence-electron chi connectivity index (χ4n) is 1.83. The van der Waals surface area contributed by atoms with Crippen LogP contribution in [0.2, 0.25) is 0 Å². The molecule has 0 saturated heterocycles. The van der Waals surface area contributed by atoms with Crippen molar-refractivity contribution in [3.63, 3.8) is 0 Å². The van der Waals surface area contributed by atoms with Crippen molar-refractivity contribution in [2.45, 2.75) is 17.7 Å². The molecule has 98 valence electrons. The molecule has 0 aliphatic heterocycles. The number of nitro groups is 1. The van der Waals surface area contributed by atoms with Crippen molar-refractivity contribution in [2.24, 2.45) is 0 Å². The van der Waals surface area contributed by atoms with Crippen molar-refractivity contribution in [1.29, 1.82) is 0 Å². The van der Waals surface area contributed by atoms with Crippen LogP contribution < -0.4 is 0 Å². The van der Waals surface area contributed by atoms with Crippen LogP contribution >= 0.6 is 11.8 Å². The summed E-state index contributed by atoms with van der Waals surface area (Å²) in [6, 6.07) is 17.2. The second-order valence-electron chi connectivity index (χ2n) is 4.16. The molecule has 0 saturated carbocycles. The van der Waals surface area contributed by atoms with Gasteiger partial charge in [0.05, 0.1) is 9.82 Å². The number of hydrogen-bond acceptors (Lipinski definition) is 3. The van der Waals surface area contributed by atoms with Crippen molar-refractivity contribution in [2.75, 3.05) is 5.75 Å². The fraction of sp³-hybridized carbons (Fsp3) is 0.200. The summed E-state index contributed by atoms with van der Waals surface area (Å²) in [5.74, 6) is 0.889. The average Bonchev–Trinajstić information content (AvgIpc) is 2.45. The van der Waals surface area contributed by atoms with E-state index in [1.54, 1.807) is 23.9 Å². The predicted octanol–water partition coefficient (Wildman–Crippen LogP) is 4.32. The fourth-order valence-corrected chi connectivity index (χ4v) is 2.81. The van der Waals surface area contributed by atoms with Crippen LogP contribution in [-0.4, -0.2) is 10.7 Å². The van der Waals surface area contributed by atoms with E-state index < -0.39 is 0 Å². The maximum Gasteiger partial charge on any atom is 0.282 e. The van der Waals surface area contributed by atoms with E-state index in [4.69, 9.17) is 0 Å². The van der Waals surface area contributed by atoms with E-state index in [1.165, 1.54) is 5.56 Å². The first kappa shape index (κ1) is 13.6. The highest BCUT2D eigenvalue weighted by Gasteiger charge is 2.11. The van der Waals surface area contributed by atoms with Gasteiger partial charge < -0.3 is 0 Å². The van der Waals surface area contributed by atoms with Crippen LogP contribution in [0.4, 0.5) is 5.69 Å². The molecule has 0 spiro atoms. The van der Waals surface area contributed by atoms with E-state index in [1.807, 2.05) is 30.3 Å². The van der Waals surface area contributed by atoms with Crippen LogP contribution in [0.15, 0.2) is 59.5 Å². The Balaban J connectivity index is 1.85. The molecule has 0 aromatic heterocycles. The van der Waals surface area contributed by atoms with Crippen molar-refractivity contribution >= 4 is 17.4 Å². The molecular weight excluding hydrogens is 258 g/mol. The van der Waals surface area contributed by atoms with E-state index in [-0.39, 0.29) is 10.6 Å². The zero-order valence-corrected chi connectivity index (χ0v) is 11.3. The number of para-hydroxylation sites is 1. The normalized spacial score (nSPS) is 10.3. The van der Waals surface area contributed by atoms with Gasteiger partial charge in [-0.05, 0) is 30.2 Å². The summed E-state index contributed by atoms with van der Waals surface area (Å²) in [6.07, 6.45) is 2.02. The van der Waals surface area contributed by atoms with Gasteiger partial charge in [0.25, 0.3) is 5.69 Å². The molecule has 0 atom stereocenters. The van der Waals surface area contributed by atoms with Gasteiger partial charge in [0.2, 0.25) is 0 Å². The third-order valence-electron chi connectivity index (χ3n) is 2.77. The number of thioether (sulfide) groups is 1. The Labute approximate surface area is 116 Å². The SMILES string of the molecule is O=[N+]([O-])c1ccccc1SCCCc1ccccc1. The van der Waals surface area contributed by atoms with Gasteiger partial charge in [-0.2, -0.15) is 0 Å². The summed E-state index contributed by atoms with van der Waals surface area (Å²) in [6.45, 7) is 0. The number of nitro benzene ring substituents is 1. The molecule has 0 radical (unpaired) electrons. The van der Waals surface area contributed by atoms with E-state index >= 15 is 0 Å². The first-order valence-electron chi connectivity index (χ1n) is 6.17. The van der Waals surface area contributed by atoms with Crippen LogP contribution in [0.5, 0.6) is 0 Å². The van der Waals surface area contributed by atoms with Crippen LogP contribution in [0, 0.1) is 10.1 Å². The lowest BCUT2D eigenvalue weighted by Gasteiger charge is -2.03. The Morgan fingerprint density at radius 3 is 2.42 bits per heavy atom. The van der Waals surface area contributed by atoms with Gasteiger partial charge in [-0.15, -0.1) is 11.8 Å². The highest BCUT2D eigenvalue weighted by atomic mass is 32.2. The molecule has 4 heteroatoms. The zero-order valence-electron chi connectivity index (χ0n) is 10.5. The molecule has 2 aromatic carbocycles. The summed E-state index contributed by atoms with van der Waals surface area (Å²) < 4.78 is 0. The van der Waals surface area contributed by atoms with Gasteiger partial charge in [0, 0.05) is 6.07 Å². The topological polar surface area (TPSA) is 43.1 Å². The summed E-state index contributed by atoms with van der Waals surface area (Å²) in [7, 11) is 0. The Morgan fingerprint density at radius 1 is 1.00 bits per heavy atom. The monoisotopic (exact) mass is 273 g/mol. The molecule has 0 N–H and O–H groups in total. The van der Waals surface area contributed by atoms with Gasteiger partial charge in [-0.1, -0.05) is 42.5 Å². The second kappa shape index (κ2) is 6.95. The molecule has 2 aromatic rings. The standard InChI is InChI=1S/C15H15NO2S/c17-16(18)14-10-4-5-11-15(14)19-12-6-9-13-7-2-1-3-8-13/h1-5,7-8,10-11H,6,9,12H2. The maximum atomic E-state index is 10.9. The van der Waals surface area contributed by atoms with Crippen molar-refractivity contribution < 1.29 is 4.92 Å². The Morgan fingerprint density at radius 2 is 1.68 bits per heavy atom. The quantitative estimate of drug-likeness (QED) is 0.341. The van der Waals surface area contributed by atoms with Gasteiger partial charge in [0.15, 0.2) is 0 Å². The number of hydrogen-bond donors (Lipinski definition) is 0. The summed E-state index contributed by atoms with van der Waals surface area (Å²) >= 11 is 1.55. The second-order valence-corrected chi connectivity index (χ2v) is 5.30. The lowest BCUT2D eigenvalue weighted by molar-refractivity contribution is -0.387. The maximum absolute atomic E-state index is 10.9. The third kappa shape index (κ3) is 4.10. The largest absolute Gasteiger partial charge is 0.282 e. The molecule has 3 nitrogen and oxygen atoms in total. The van der Waals surface area contributed by atoms with E-state index in [0.29, 0.717) is 0 Å². The Hall–Kier alpha value is -1.81. The molecule has 0 unspecified atom stereocenters. The minimum Gasteiger partial charge on any atom is -0.258 e. The predicted molar refractivity (Wildman–Crippen MR) is 78.6 cm³/mol. The van der Waals surface area contributed by atoms with E-state index in [0.717, 1.165) is 23.5 Å². The molecule has 0 heterocycles. The van der Waals surface area contributed by atoms with Gasteiger partial charge in [-0.3, -0.25) is 10.1 Å². The molecule has 19 heavy (non-hydrogen) atoms. The first-order valence-corrected chi connectivity index (χ1v) is 7.16. The number of benzene rings is 2. The number of aryl methyl sites for hydroxylation is 1. The van der Waals surface area contributed by atoms with Crippen LogP contribution in [0.1, 0.15) is 12.0 Å². The molecule has 0 fully saturated rings. The van der Waals surface area contributed by atoms with Crippen molar-refractivity contribution in [3.05, 3.63) is 70.3 Å². The minimum absolute atomic E-state index is 0.201. The first-order chi connectivity index (χ1) is 9.27. The molecule has 0 bridgehead atoms. The number of nitrogens with zero attached hydrogens (tertiary/aromatic N) is 1. The van der Waals surface area contributed by atoms with Gasteiger partial charge in [-0.25, -0.2) is 0 Å². The van der Waals surface area contributed by atoms with Gasteiger partial charge in [0.1, 0.15) is 0 Å². The molecule has 0 amide bonds. The lowest BCUT2D eigenvalue weighted by Crippen LogP contribution is -1.92. The molecule has 0 aliphatic rings. The Bertz CT molecular complexity index is 543. The van der Waals surface area contributed by atoms with Gasteiger partial charge >= 0.3 is 0 Å². The molecule has 2 rings (SSSR count). The molecule has 0 aliphatic carbocycles. The average molecular weight is 273 g/mol.